The first kappa shape index (κ1) is 15.5. The molecule has 1 unspecified atom stereocenters. The molecule has 0 radical (unpaired) electrons. The van der Waals surface area contributed by atoms with Crippen LogP contribution in [0.25, 0.3) is 0 Å². The van der Waals surface area contributed by atoms with Gasteiger partial charge < -0.3 is 11.1 Å². The lowest BCUT2D eigenvalue weighted by molar-refractivity contribution is -0.126. The van der Waals surface area contributed by atoms with Crippen LogP contribution in [0.5, 0.6) is 0 Å². The van der Waals surface area contributed by atoms with E-state index in [2.05, 4.69) is 26.1 Å². The minimum atomic E-state index is -0.546. The van der Waals surface area contributed by atoms with Gasteiger partial charge in [0.2, 0.25) is 5.91 Å². The summed E-state index contributed by atoms with van der Waals surface area (Å²) in [5.41, 5.74) is 6.84. The van der Waals surface area contributed by atoms with Crippen molar-refractivity contribution in [3.8, 4) is 0 Å². The zero-order chi connectivity index (χ0) is 14.6. The van der Waals surface area contributed by atoms with Crippen LogP contribution in [0.3, 0.4) is 0 Å². The number of benzene rings is 1. The molecule has 106 valence electrons. The van der Waals surface area contributed by atoms with Crippen LogP contribution < -0.4 is 11.1 Å². The fourth-order valence-corrected chi connectivity index (χ4v) is 2.12. The normalized spacial score (nSPS) is 13.4. The summed E-state index contributed by atoms with van der Waals surface area (Å²) >= 11 is 0. The van der Waals surface area contributed by atoms with Crippen molar-refractivity contribution in [1.29, 1.82) is 0 Å². The van der Waals surface area contributed by atoms with Gasteiger partial charge in [0.15, 0.2) is 0 Å². The Hall–Kier alpha value is -1.51. The monoisotopic (exact) mass is 262 g/mol. The van der Waals surface area contributed by atoms with Gasteiger partial charge >= 0.3 is 0 Å². The van der Waals surface area contributed by atoms with Crippen molar-refractivity contribution in [2.75, 3.05) is 5.73 Å². The molecule has 3 heteroatoms. The van der Waals surface area contributed by atoms with E-state index in [4.69, 9.17) is 5.73 Å². The average Bonchev–Trinajstić information content (AvgIpc) is 2.35. The standard InChI is InChI=1S/C16H26N2O/c1-6-14(11(2)3)18-15(19)16(4,5)12-7-9-13(17)10-8-12/h7-11,14H,6,17H2,1-5H3,(H,18,19). The van der Waals surface area contributed by atoms with Crippen LogP contribution in [0.4, 0.5) is 5.69 Å². The number of carbonyl (C=O) groups excluding carboxylic acids is 1. The summed E-state index contributed by atoms with van der Waals surface area (Å²) in [5, 5.41) is 3.15. The second-order valence-corrected chi connectivity index (χ2v) is 5.98. The highest BCUT2D eigenvalue weighted by Gasteiger charge is 2.31. The minimum absolute atomic E-state index is 0.0674. The van der Waals surface area contributed by atoms with Gasteiger partial charge in [0.05, 0.1) is 5.41 Å². The van der Waals surface area contributed by atoms with Crippen molar-refractivity contribution in [1.82, 2.24) is 5.32 Å². The van der Waals surface area contributed by atoms with Gasteiger partial charge in [0, 0.05) is 11.7 Å². The molecule has 1 aromatic carbocycles. The van der Waals surface area contributed by atoms with E-state index in [1.165, 1.54) is 0 Å². The van der Waals surface area contributed by atoms with Crippen molar-refractivity contribution >= 4 is 11.6 Å². The van der Waals surface area contributed by atoms with Crippen LogP contribution in [0.2, 0.25) is 0 Å². The third-order valence-corrected chi connectivity index (χ3v) is 3.76. The highest BCUT2D eigenvalue weighted by Crippen LogP contribution is 2.25. The number of amides is 1. The lowest BCUT2D eigenvalue weighted by Gasteiger charge is -2.29. The van der Waals surface area contributed by atoms with Crippen LogP contribution in [0.1, 0.15) is 46.6 Å². The summed E-state index contributed by atoms with van der Waals surface area (Å²) < 4.78 is 0. The van der Waals surface area contributed by atoms with Gasteiger partial charge in [-0.25, -0.2) is 0 Å². The first-order valence-corrected chi connectivity index (χ1v) is 6.96. The first-order chi connectivity index (χ1) is 8.78. The number of hydrogen-bond acceptors (Lipinski definition) is 2. The quantitative estimate of drug-likeness (QED) is 0.801. The maximum Gasteiger partial charge on any atom is 0.230 e. The van der Waals surface area contributed by atoms with Crippen molar-refractivity contribution in [3.05, 3.63) is 29.8 Å². The molecule has 0 spiro atoms. The molecule has 0 bridgehead atoms. The Labute approximate surface area is 116 Å². The van der Waals surface area contributed by atoms with E-state index in [1.54, 1.807) is 0 Å². The van der Waals surface area contributed by atoms with Gasteiger partial charge in [0.25, 0.3) is 0 Å². The Morgan fingerprint density at radius 3 is 2.21 bits per heavy atom. The van der Waals surface area contributed by atoms with Crippen LogP contribution in [-0.2, 0) is 10.2 Å². The van der Waals surface area contributed by atoms with Crippen molar-refractivity contribution in [2.45, 2.75) is 52.5 Å². The van der Waals surface area contributed by atoms with Gasteiger partial charge in [0.1, 0.15) is 0 Å². The summed E-state index contributed by atoms with van der Waals surface area (Å²) in [6, 6.07) is 7.74. The zero-order valence-corrected chi connectivity index (χ0v) is 12.7. The predicted octanol–water partition coefficient (Wildman–Crippen LogP) is 3.10. The highest BCUT2D eigenvalue weighted by molar-refractivity contribution is 5.87. The lowest BCUT2D eigenvalue weighted by atomic mass is 9.83. The van der Waals surface area contributed by atoms with Gasteiger partial charge in [-0.05, 0) is 43.9 Å². The molecule has 1 amide bonds. The number of anilines is 1. The number of hydrogen-bond donors (Lipinski definition) is 2. The molecule has 1 atom stereocenters. The van der Waals surface area contributed by atoms with E-state index >= 15 is 0 Å². The van der Waals surface area contributed by atoms with E-state index in [9.17, 15) is 4.79 Å². The summed E-state index contributed by atoms with van der Waals surface area (Å²) in [5.74, 6) is 0.508. The largest absolute Gasteiger partial charge is 0.399 e. The van der Waals surface area contributed by atoms with E-state index in [1.807, 2.05) is 38.1 Å². The van der Waals surface area contributed by atoms with E-state index in [-0.39, 0.29) is 11.9 Å². The fourth-order valence-electron chi connectivity index (χ4n) is 2.12. The molecule has 1 rings (SSSR count). The van der Waals surface area contributed by atoms with E-state index in [0.29, 0.717) is 11.6 Å². The van der Waals surface area contributed by atoms with E-state index in [0.717, 1.165) is 12.0 Å². The molecule has 0 saturated heterocycles. The van der Waals surface area contributed by atoms with Crippen molar-refractivity contribution < 1.29 is 4.79 Å². The summed E-state index contributed by atoms with van der Waals surface area (Å²) in [4.78, 5) is 12.5. The molecule has 1 aromatic rings. The molecule has 0 aliphatic heterocycles. The van der Waals surface area contributed by atoms with Crippen LogP contribution >= 0.6 is 0 Å². The van der Waals surface area contributed by atoms with Gasteiger partial charge in [-0.1, -0.05) is 32.9 Å². The van der Waals surface area contributed by atoms with Crippen molar-refractivity contribution in [3.63, 3.8) is 0 Å². The molecule has 0 aliphatic rings. The number of rotatable bonds is 5. The third-order valence-electron chi connectivity index (χ3n) is 3.76. The molecule has 0 aromatic heterocycles. The van der Waals surface area contributed by atoms with Crippen LogP contribution in [0, 0.1) is 5.92 Å². The Morgan fingerprint density at radius 2 is 1.79 bits per heavy atom. The third kappa shape index (κ3) is 3.72. The minimum Gasteiger partial charge on any atom is -0.399 e. The predicted molar refractivity (Wildman–Crippen MR) is 80.9 cm³/mol. The Kier molecular flexibility index (Phi) is 4.98. The topological polar surface area (TPSA) is 55.1 Å². The molecule has 3 N–H and O–H groups in total. The van der Waals surface area contributed by atoms with Gasteiger partial charge in [-0.15, -0.1) is 0 Å². The van der Waals surface area contributed by atoms with Crippen LogP contribution in [-0.4, -0.2) is 11.9 Å². The highest BCUT2D eigenvalue weighted by atomic mass is 16.2. The molecular weight excluding hydrogens is 236 g/mol. The lowest BCUT2D eigenvalue weighted by Crippen LogP contribution is -2.46. The smallest absolute Gasteiger partial charge is 0.230 e. The van der Waals surface area contributed by atoms with Crippen molar-refractivity contribution in [2.24, 2.45) is 5.92 Å². The molecule has 0 fully saturated rings. The zero-order valence-electron chi connectivity index (χ0n) is 12.7. The fraction of sp³-hybridized carbons (Fsp3) is 0.562. The number of nitrogen functional groups attached to an aromatic ring is 1. The molecule has 0 aliphatic carbocycles. The Morgan fingerprint density at radius 1 is 1.26 bits per heavy atom. The van der Waals surface area contributed by atoms with Gasteiger partial charge in [-0.3, -0.25) is 4.79 Å². The number of nitrogens with one attached hydrogen (secondary N) is 1. The molecular formula is C16H26N2O. The molecule has 0 saturated carbocycles. The average molecular weight is 262 g/mol. The van der Waals surface area contributed by atoms with E-state index < -0.39 is 5.41 Å². The maximum atomic E-state index is 12.5. The SMILES string of the molecule is CCC(NC(=O)C(C)(C)c1ccc(N)cc1)C(C)C. The molecule has 19 heavy (non-hydrogen) atoms. The number of carbonyl (C=O) groups is 1. The maximum absolute atomic E-state index is 12.5. The summed E-state index contributed by atoms with van der Waals surface area (Å²) in [6.45, 7) is 10.2. The Bertz CT molecular complexity index is 421. The number of nitrogens with two attached hydrogens (primary N) is 1. The first-order valence-electron chi connectivity index (χ1n) is 6.96. The second kappa shape index (κ2) is 6.09. The second-order valence-electron chi connectivity index (χ2n) is 5.98. The molecule has 3 nitrogen and oxygen atoms in total. The van der Waals surface area contributed by atoms with Gasteiger partial charge in [-0.2, -0.15) is 0 Å². The summed E-state index contributed by atoms with van der Waals surface area (Å²) in [7, 11) is 0. The molecule has 0 heterocycles. The Balaban J connectivity index is 2.87. The van der Waals surface area contributed by atoms with Crippen LogP contribution in [0.15, 0.2) is 24.3 Å². The summed E-state index contributed by atoms with van der Waals surface area (Å²) in [6.07, 6.45) is 0.946.